The molecular weight excluding hydrogens is 450 g/mol. The van der Waals surface area contributed by atoms with E-state index >= 15 is 0 Å². The van der Waals surface area contributed by atoms with Crippen LogP contribution in [0.5, 0.6) is 0 Å². The van der Waals surface area contributed by atoms with Gasteiger partial charge in [0.15, 0.2) is 0 Å². The predicted molar refractivity (Wildman–Crippen MR) is 142 cm³/mol. The Balaban J connectivity index is 1.29. The Morgan fingerprint density at radius 2 is 1.75 bits per heavy atom. The number of nitrogen functional groups attached to an aromatic ring is 1. The fourth-order valence-electron chi connectivity index (χ4n) is 5.51. The zero-order valence-corrected chi connectivity index (χ0v) is 20.2. The summed E-state index contributed by atoms with van der Waals surface area (Å²) in [6.45, 7) is 5.42. The van der Waals surface area contributed by atoms with Crippen molar-refractivity contribution in [3.63, 3.8) is 0 Å². The van der Waals surface area contributed by atoms with Crippen LogP contribution in [0.3, 0.4) is 0 Å². The minimum absolute atomic E-state index is 0.188. The number of fused-ring (bicyclic) bond motifs is 1. The fourth-order valence-corrected chi connectivity index (χ4v) is 5.51. The first kappa shape index (κ1) is 22.7. The number of piperazine rings is 1. The van der Waals surface area contributed by atoms with Gasteiger partial charge in [-0.15, -0.1) is 0 Å². The number of nitrogens with zero attached hydrogens (tertiary/aromatic N) is 4. The van der Waals surface area contributed by atoms with E-state index in [9.17, 15) is 4.79 Å². The Bertz CT molecular complexity index is 1400. The largest absolute Gasteiger partial charge is 0.383 e. The van der Waals surface area contributed by atoms with Gasteiger partial charge < -0.3 is 21.7 Å². The second-order valence-corrected chi connectivity index (χ2v) is 9.93. The molecule has 2 aliphatic rings. The summed E-state index contributed by atoms with van der Waals surface area (Å²) in [4.78, 5) is 19.8. The first-order valence-corrected chi connectivity index (χ1v) is 12.6. The number of carbonyl (C=O) groups is 1. The minimum Gasteiger partial charge on any atom is -0.383 e. The van der Waals surface area contributed by atoms with Crippen molar-refractivity contribution in [1.29, 1.82) is 0 Å². The van der Waals surface area contributed by atoms with Crippen molar-refractivity contribution in [1.82, 2.24) is 25.0 Å². The number of amides is 1. The zero-order valence-electron chi connectivity index (χ0n) is 20.2. The van der Waals surface area contributed by atoms with Gasteiger partial charge >= 0.3 is 0 Å². The second-order valence-electron chi connectivity index (χ2n) is 9.93. The molecule has 1 saturated heterocycles. The Labute approximate surface area is 210 Å². The summed E-state index contributed by atoms with van der Waals surface area (Å²) in [5, 5.41) is 9.25. The first-order chi connectivity index (χ1) is 17.6. The van der Waals surface area contributed by atoms with Gasteiger partial charge in [-0.2, -0.15) is 5.10 Å². The maximum Gasteiger partial charge on any atom is 0.254 e. The second kappa shape index (κ2) is 9.37. The molecule has 36 heavy (non-hydrogen) atoms. The van der Waals surface area contributed by atoms with Crippen LogP contribution in [0.4, 0.5) is 5.82 Å². The summed E-state index contributed by atoms with van der Waals surface area (Å²) >= 11 is 0. The van der Waals surface area contributed by atoms with Crippen LogP contribution in [0.25, 0.3) is 33.4 Å². The summed E-state index contributed by atoms with van der Waals surface area (Å²) < 4.78 is 1.82. The van der Waals surface area contributed by atoms with Gasteiger partial charge in [0, 0.05) is 49.2 Å². The van der Waals surface area contributed by atoms with Crippen LogP contribution >= 0.6 is 0 Å². The van der Waals surface area contributed by atoms with Crippen molar-refractivity contribution < 1.29 is 4.79 Å². The predicted octanol–water partition coefficient (Wildman–Crippen LogP) is 3.30. The molecule has 1 saturated carbocycles. The quantitative estimate of drug-likeness (QED) is 0.389. The molecule has 2 aromatic heterocycles. The topological polar surface area (TPSA) is 115 Å². The standard InChI is InChI=1S/C28H31N7O/c29-27-25(28(30)36)26(33-35(27)22-14-18(15-22)17-34-12-10-31-11-13-34)21-7-6-20-8-9-23(32-24(20)16-21)19-4-2-1-3-5-19/h1-9,16,18,22,31H,10-15,17,29H2,(H2,30,36)/t18-,22-. The molecule has 1 amide bonds. The molecule has 1 aliphatic heterocycles. The van der Waals surface area contributed by atoms with E-state index in [4.69, 9.17) is 21.5 Å². The molecule has 2 aromatic carbocycles. The molecule has 0 spiro atoms. The normalized spacial score (nSPS) is 20.3. The summed E-state index contributed by atoms with van der Waals surface area (Å²) in [5.74, 6) is 0.421. The molecule has 8 nitrogen and oxygen atoms in total. The maximum atomic E-state index is 12.4. The fraction of sp³-hybridized carbons (Fsp3) is 0.321. The number of pyridine rings is 1. The molecule has 184 valence electrons. The molecule has 4 aromatic rings. The van der Waals surface area contributed by atoms with Crippen LogP contribution in [0.15, 0.2) is 60.7 Å². The number of aromatic nitrogens is 3. The van der Waals surface area contributed by atoms with Gasteiger partial charge in [-0.3, -0.25) is 4.79 Å². The van der Waals surface area contributed by atoms with Crippen molar-refractivity contribution in [3.8, 4) is 22.5 Å². The van der Waals surface area contributed by atoms with Crippen molar-refractivity contribution in [2.75, 3.05) is 38.5 Å². The van der Waals surface area contributed by atoms with Gasteiger partial charge in [0.25, 0.3) is 5.91 Å². The number of hydrogen-bond donors (Lipinski definition) is 3. The summed E-state index contributed by atoms with van der Waals surface area (Å²) in [5.41, 5.74) is 16.6. The maximum absolute atomic E-state index is 12.4. The van der Waals surface area contributed by atoms with Crippen molar-refractivity contribution in [3.05, 3.63) is 66.2 Å². The average molecular weight is 482 g/mol. The number of rotatable bonds is 6. The van der Waals surface area contributed by atoms with Crippen LogP contribution in [0.2, 0.25) is 0 Å². The van der Waals surface area contributed by atoms with Gasteiger partial charge in [-0.1, -0.05) is 48.5 Å². The van der Waals surface area contributed by atoms with Gasteiger partial charge in [0.05, 0.1) is 17.3 Å². The van der Waals surface area contributed by atoms with Crippen molar-refractivity contribution in [2.45, 2.75) is 18.9 Å². The zero-order chi connectivity index (χ0) is 24.6. The Hall–Kier alpha value is -3.75. The van der Waals surface area contributed by atoms with Gasteiger partial charge in [-0.25, -0.2) is 9.67 Å². The molecule has 2 fully saturated rings. The highest BCUT2D eigenvalue weighted by molar-refractivity contribution is 6.04. The van der Waals surface area contributed by atoms with E-state index in [1.807, 2.05) is 59.3 Å². The summed E-state index contributed by atoms with van der Waals surface area (Å²) in [6.07, 6.45) is 2.01. The van der Waals surface area contributed by atoms with E-state index in [0.29, 0.717) is 23.0 Å². The molecule has 6 rings (SSSR count). The van der Waals surface area contributed by atoms with Crippen molar-refractivity contribution in [2.24, 2.45) is 11.7 Å². The van der Waals surface area contributed by atoms with Crippen LogP contribution in [-0.2, 0) is 0 Å². The molecule has 0 bridgehead atoms. The van der Waals surface area contributed by atoms with E-state index in [1.54, 1.807) is 0 Å². The Kier molecular flexibility index (Phi) is 5.91. The van der Waals surface area contributed by atoms with Crippen LogP contribution in [0, 0.1) is 5.92 Å². The number of nitrogens with two attached hydrogens (primary N) is 2. The molecule has 0 atom stereocenters. The third-order valence-corrected chi connectivity index (χ3v) is 7.51. The number of primary amides is 1. The molecule has 5 N–H and O–H groups in total. The first-order valence-electron chi connectivity index (χ1n) is 12.6. The van der Waals surface area contributed by atoms with Gasteiger partial charge in [0.1, 0.15) is 17.1 Å². The molecule has 0 radical (unpaired) electrons. The lowest BCUT2D eigenvalue weighted by Gasteiger charge is -2.40. The average Bonchev–Trinajstić information content (AvgIpc) is 3.23. The van der Waals surface area contributed by atoms with Crippen molar-refractivity contribution >= 4 is 22.6 Å². The molecular formula is C28H31N7O. The highest BCUT2D eigenvalue weighted by Crippen LogP contribution is 2.41. The highest BCUT2D eigenvalue weighted by Gasteiger charge is 2.35. The highest BCUT2D eigenvalue weighted by atomic mass is 16.1. The molecule has 1 aliphatic carbocycles. The summed E-state index contributed by atoms with van der Waals surface area (Å²) in [7, 11) is 0. The number of anilines is 1. The van der Waals surface area contributed by atoms with Crippen LogP contribution < -0.4 is 16.8 Å². The monoisotopic (exact) mass is 481 g/mol. The van der Waals surface area contributed by atoms with Gasteiger partial charge in [0.2, 0.25) is 0 Å². The third kappa shape index (κ3) is 4.23. The van der Waals surface area contributed by atoms with E-state index in [2.05, 4.69) is 16.3 Å². The number of benzene rings is 2. The van der Waals surface area contributed by atoms with E-state index < -0.39 is 5.91 Å². The SMILES string of the molecule is NC(=O)c1c(-c2ccc3ccc(-c4ccccc4)nc3c2)nn([C@H]2C[C@H](CN3CCNCC3)C2)c1N. The molecule has 0 unspecified atom stereocenters. The van der Waals surface area contributed by atoms with Gasteiger partial charge in [-0.05, 0) is 30.9 Å². The van der Waals surface area contributed by atoms with Crippen LogP contribution in [0.1, 0.15) is 29.2 Å². The third-order valence-electron chi connectivity index (χ3n) is 7.51. The lowest BCUT2D eigenvalue weighted by atomic mass is 9.80. The van der Waals surface area contributed by atoms with E-state index in [0.717, 1.165) is 73.3 Å². The van der Waals surface area contributed by atoms with Crippen LogP contribution in [-0.4, -0.2) is 58.3 Å². The Morgan fingerprint density at radius 3 is 2.50 bits per heavy atom. The lowest BCUT2D eigenvalue weighted by Crippen LogP contribution is -2.47. The number of nitrogens with one attached hydrogen (secondary N) is 1. The number of carbonyl (C=O) groups excluding carboxylic acids is 1. The smallest absolute Gasteiger partial charge is 0.254 e. The Morgan fingerprint density at radius 1 is 1.00 bits per heavy atom. The minimum atomic E-state index is -0.559. The lowest BCUT2D eigenvalue weighted by molar-refractivity contribution is 0.100. The van der Waals surface area contributed by atoms with E-state index in [-0.39, 0.29) is 6.04 Å². The van der Waals surface area contributed by atoms with E-state index in [1.165, 1.54) is 0 Å². The summed E-state index contributed by atoms with van der Waals surface area (Å²) in [6, 6.07) is 20.3. The molecule has 3 heterocycles. The number of hydrogen-bond acceptors (Lipinski definition) is 6. The molecule has 8 heteroatoms.